The Balaban J connectivity index is 1.26. The molecule has 43 heavy (non-hydrogen) atoms. The van der Waals surface area contributed by atoms with Gasteiger partial charge in [0.2, 0.25) is 0 Å². The molecular formula is C36H41N3O4. The summed E-state index contributed by atoms with van der Waals surface area (Å²) < 4.78 is 25.8. The molecule has 1 atom stereocenters. The number of hydrogen-bond acceptors (Lipinski definition) is 6. The van der Waals surface area contributed by atoms with Crippen LogP contribution in [-0.2, 0) is 14.2 Å². The predicted molar refractivity (Wildman–Crippen MR) is 170 cm³/mol. The highest BCUT2D eigenvalue weighted by molar-refractivity contribution is 6.04. The molecule has 0 bridgehead atoms. The Morgan fingerprint density at radius 2 is 1.63 bits per heavy atom. The molecule has 0 amide bonds. The van der Waals surface area contributed by atoms with Crippen LogP contribution in [0.25, 0.3) is 22.0 Å². The third-order valence-corrected chi connectivity index (χ3v) is 9.36. The van der Waals surface area contributed by atoms with E-state index in [2.05, 4.69) is 71.6 Å². The quantitative estimate of drug-likeness (QED) is 0.214. The van der Waals surface area contributed by atoms with Crippen molar-refractivity contribution < 1.29 is 18.9 Å². The third-order valence-electron chi connectivity index (χ3n) is 9.36. The average molecular weight is 580 g/mol. The Bertz CT molecular complexity index is 1560. The number of ether oxygens (including phenoxy) is 4. The molecule has 7 rings (SSSR count). The van der Waals surface area contributed by atoms with Crippen LogP contribution in [0, 0.1) is 5.92 Å². The summed E-state index contributed by atoms with van der Waals surface area (Å²) in [6, 6.07) is 24.3. The van der Waals surface area contributed by atoms with Crippen LogP contribution in [0.4, 0.5) is 5.69 Å². The number of rotatable bonds is 7. The van der Waals surface area contributed by atoms with Gasteiger partial charge in [-0.15, -0.1) is 0 Å². The maximum Gasteiger partial charge on any atom is 0.159 e. The van der Waals surface area contributed by atoms with E-state index < -0.39 is 0 Å². The van der Waals surface area contributed by atoms with Crippen LogP contribution in [0.2, 0.25) is 0 Å². The van der Waals surface area contributed by atoms with Gasteiger partial charge in [0.25, 0.3) is 0 Å². The largest absolute Gasteiger partial charge is 0.492 e. The highest BCUT2D eigenvalue weighted by atomic mass is 16.7. The maximum absolute atomic E-state index is 6.57. The molecule has 3 aliphatic heterocycles. The van der Waals surface area contributed by atoms with Crippen molar-refractivity contribution in [2.24, 2.45) is 5.92 Å². The molecule has 0 aliphatic carbocycles. The van der Waals surface area contributed by atoms with Gasteiger partial charge in [-0.2, -0.15) is 5.10 Å². The van der Waals surface area contributed by atoms with Crippen molar-refractivity contribution in [3.05, 3.63) is 89.6 Å². The topological polar surface area (TPSA) is 58.0 Å². The fourth-order valence-electron chi connectivity index (χ4n) is 7.14. The summed E-state index contributed by atoms with van der Waals surface area (Å²) in [6.45, 7) is 3.39. The minimum absolute atomic E-state index is 0.0162. The Morgan fingerprint density at radius 1 is 0.837 bits per heavy atom. The summed E-state index contributed by atoms with van der Waals surface area (Å²) in [5, 5.41) is 5.84. The number of nitrogens with zero attached hydrogens (tertiary/aromatic N) is 3. The van der Waals surface area contributed by atoms with Crippen molar-refractivity contribution >= 4 is 27.7 Å². The maximum atomic E-state index is 6.57. The molecule has 0 radical (unpaired) electrons. The molecule has 1 unspecified atom stereocenters. The second-order valence-corrected chi connectivity index (χ2v) is 11.8. The van der Waals surface area contributed by atoms with Gasteiger partial charge in [-0.1, -0.05) is 42.5 Å². The SMILES string of the molecule is COC(OC)C1CCN(c2ccc(C3=C(c4ccccc4)CCOc4c3ccc3c4cnn3C3CCCCO3)cc2)CC1. The molecule has 4 aromatic rings. The van der Waals surface area contributed by atoms with Crippen molar-refractivity contribution in [2.45, 2.75) is 51.0 Å². The highest BCUT2D eigenvalue weighted by Crippen LogP contribution is 2.45. The number of aromatic nitrogens is 2. The van der Waals surface area contributed by atoms with Crippen LogP contribution in [-0.4, -0.2) is 56.6 Å². The van der Waals surface area contributed by atoms with E-state index in [-0.39, 0.29) is 12.5 Å². The Kier molecular flexibility index (Phi) is 8.20. The van der Waals surface area contributed by atoms with Crippen LogP contribution in [0.15, 0.2) is 72.9 Å². The van der Waals surface area contributed by atoms with Gasteiger partial charge in [-0.05, 0) is 78.6 Å². The van der Waals surface area contributed by atoms with E-state index in [4.69, 9.17) is 24.0 Å². The first kappa shape index (κ1) is 28.1. The first-order valence-electron chi connectivity index (χ1n) is 15.7. The number of anilines is 1. The van der Waals surface area contributed by atoms with Crippen molar-refractivity contribution in [3.63, 3.8) is 0 Å². The summed E-state index contributed by atoms with van der Waals surface area (Å²) in [5.41, 5.74) is 8.41. The second kappa shape index (κ2) is 12.5. The molecule has 7 heteroatoms. The number of benzene rings is 3. The van der Waals surface area contributed by atoms with E-state index in [1.165, 1.54) is 28.0 Å². The molecule has 3 aliphatic rings. The van der Waals surface area contributed by atoms with Gasteiger partial charge >= 0.3 is 0 Å². The third kappa shape index (κ3) is 5.46. The van der Waals surface area contributed by atoms with Gasteiger partial charge in [0, 0.05) is 57.5 Å². The first-order chi connectivity index (χ1) is 21.2. The molecule has 4 heterocycles. The van der Waals surface area contributed by atoms with Gasteiger partial charge in [0.05, 0.1) is 23.7 Å². The van der Waals surface area contributed by atoms with Crippen LogP contribution in [0.5, 0.6) is 5.75 Å². The lowest BCUT2D eigenvalue weighted by molar-refractivity contribution is -0.141. The minimum atomic E-state index is -0.126. The minimum Gasteiger partial charge on any atom is -0.492 e. The van der Waals surface area contributed by atoms with Crippen LogP contribution < -0.4 is 9.64 Å². The normalized spacial score (nSPS) is 19.9. The Hall–Kier alpha value is -3.65. The van der Waals surface area contributed by atoms with Gasteiger partial charge in [-0.3, -0.25) is 0 Å². The number of fused-ring (bicyclic) bond motifs is 3. The van der Waals surface area contributed by atoms with Crippen LogP contribution >= 0.6 is 0 Å². The molecule has 2 fully saturated rings. The Morgan fingerprint density at radius 3 is 2.35 bits per heavy atom. The van der Waals surface area contributed by atoms with E-state index >= 15 is 0 Å². The summed E-state index contributed by atoms with van der Waals surface area (Å²) in [7, 11) is 3.47. The van der Waals surface area contributed by atoms with Gasteiger partial charge < -0.3 is 23.8 Å². The van der Waals surface area contributed by atoms with Crippen LogP contribution in [0.3, 0.4) is 0 Å². The average Bonchev–Trinajstić information content (AvgIpc) is 3.41. The van der Waals surface area contributed by atoms with Crippen molar-refractivity contribution in [2.75, 3.05) is 45.4 Å². The first-order valence-corrected chi connectivity index (χ1v) is 15.7. The van der Waals surface area contributed by atoms with Gasteiger partial charge in [0.1, 0.15) is 5.75 Å². The van der Waals surface area contributed by atoms with E-state index in [9.17, 15) is 0 Å². The van der Waals surface area contributed by atoms with E-state index in [0.717, 1.165) is 80.4 Å². The monoisotopic (exact) mass is 579 g/mol. The van der Waals surface area contributed by atoms with Gasteiger partial charge in [-0.25, -0.2) is 4.68 Å². The highest BCUT2D eigenvalue weighted by Gasteiger charge is 2.28. The van der Waals surface area contributed by atoms with E-state index in [0.29, 0.717) is 12.5 Å². The van der Waals surface area contributed by atoms with Crippen LogP contribution in [0.1, 0.15) is 61.4 Å². The molecule has 3 aromatic carbocycles. The number of hydrogen-bond donors (Lipinski definition) is 0. The van der Waals surface area contributed by atoms with Crippen molar-refractivity contribution in [3.8, 4) is 5.75 Å². The molecule has 0 N–H and O–H groups in total. The lowest BCUT2D eigenvalue weighted by atomic mass is 9.87. The Labute approximate surface area is 254 Å². The smallest absolute Gasteiger partial charge is 0.159 e. The summed E-state index contributed by atoms with van der Waals surface area (Å²) >= 11 is 0. The summed E-state index contributed by atoms with van der Waals surface area (Å²) in [4.78, 5) is 2.48. The summed E-state index contributed by atoms with van der Waals surface area (Å²) in [6.07, 6.45) is 8.01. The predicted octanol–water partition coefficient (Wildman–Crippen LogP) is 7.31. The fraction of sp³-hybridized carbons (Fsp3) is 0.417. The number of piperidine rings is 1. The molecule has 0 spiro atoms. The zero-order valence-corrected chi connectivity index (χ0v) is 25.2. The molecule has 2 saturated heterocycles. The summed E-state index contributed by atoms with van der Waals surface area (Å²) in [5.74, 6) is 1.34. The van der Waals surface area contributed by atoms with Crippen molar-refractivity contribution in [1.82, 2.24) is 9.78 Å². The zero-order valence-electron chi connectivity index (χ0n) is 25.2. The van der Waals surface area contributed by atoms with E-state index in [1.807, 2.05) is 10.9 Å². The van der Waals surface area contributed by atoms with Gasteiger partial charge in [0.15, 0.2) is 12.5 Å². The zero-order chi connectivity index (χ0) is 29.2. The molecular weight excluding hydrogens is 538 g/mol. The van der Waals surface area contributed by atoms with Crippen molar-refractivity contribution in [1.29, 1.82) is 0 Å². The second-order valence-electron chi connectivity index (χ2n) is 11.8. The number of methoxy groups -OCH3 is 2. The lowest BCUT2D eigenvalue weighted by Gasteiger charge is -2.36. The van der Waals surface area contributed by atoms with E-state index in [1.54, 1.807) is 14.2 Å². The lowest BCUT2D eigenvalue weighted by Crippen LogP contribution is -2.39. The standard InChI is InChI=1S/C36H41N3O4/c1-40-36(41-2)27-17-20-38(21-18-27)28-13-11-26(12-14-28)34-29(25-8-4-3-5-9-25)19-23-43-35-30(34)15-16-32-31(35)24-37-39(32)33-10-6-7-22-42-33/h3-5,8-9,11-16,24,27,33,36H,6-7,10,17-23H2,1-2H3. The molecule has 224 valence electrons. The fourth-order valence-corrected chi connectivity index (χ4v) is 7.14. The molecule has 1 aromatic heterocycles. The molecule has 7 nitrogen and oxygen atoms in total. The molecule has 0 saturated carbocycles.